The number of hydrogen-bond donors (Lipinski definition) is 1. The molecule has 1 aliphatic rings. The molecule has 0 aromatic carbocycles. The molecule has 1 aromatic rings. The average Bonchev–Trinajstić information content (AvgIpc) is 2.88. The van der Waals surface area contributed by atoms with Crippen molar-refractivity contribution in [2.24, 2.45) is 0 Å². The van der Waals surface area contributed by atoms with Gasteiger partial charge in [-0.15, -0.1) is 12.4 Å². The van der Waals surface area contributed by atoms with Crippen LogP contribution in [0.4, 0.5) is 0 Å². The van der Waals surface area contributed by atoms with Crippen LogP contribution < -0.4 is 10.1 Å². The first-order valence-corrected chi connectivity index (χ1v) is 7.19. The van der Waals surface area contributed by atoms with Gasteiger partial charge in [-0.3, -0.25) is 0 Å². The van der Waals surface area contributed by atoms with Crippen LogP contribution in [0.5, 0.6) is 5.88 Å². The smallest absolute Gasteiger partial charge is 0.244 e. The molecule has 19 heavy (non-hydrogen) atoms. The SMILES string of the molecule is CNC1CCN(S(=O)(=O)c2ccc(OC)nc2)C1.Cl. The van der Waals surface area contributed by atoms with Crippen molar-refractivity contribution in [3.05, 3.63) is 18.3 Å². The Labute approximate surface area is 119 Å². The monoisotopic (exact) mass is 307 g/mol. The van der Waals surface area contributed by atoms with Gasteiger partial charge in [0, 0.05) is 25.2 Å². The number of rotatable bonds is 4. The Bertz CT molecular complexity index is 506. The van der Waals surface area contributed by atoms with Crippen LogP contribution in [0.3, 0.4) is 0 Å². The first-order valence-electron chi connectivity index (χ1n) is 5.75. The van der Waals surface area contributed by atoms with Crippen molar-refractivity contribution >= 4 is 22.4 Å². The van der Waals surface area contributed by atoms with E-state index in [1.165, 1.54) is 23.7 Å². The van der Waals surface area contributed by atoms with E-state index in [1.54, 1.807) is 6.07 Å². The van der Waals surface area contributed by atoms with E-state index in [9.17, 15) is 8.42 Å². The van der Waals surface area contributed by atoms with E-state index in [-0.39, 0.29) is 23.3 Å². The van der Waals surface area contributed by atoms with Crippen molar-refractivity contribution in [3.8, 4) is 5.88 Å². The van der Waals surface area contributed by atoms with Gasteiger partial charge >= 0.3 is 0 Å². The van der Waals surface area contributed by atoms with Crippen LogP contribution in [0.15, 0.2) is 23.2 Å². The van der Waals surface area contributed by atoms with Gasteiger partial charge in [-0.2, -0.15) is 4.31 Å². The van der Waals surface area contributed by atoms with Crippen molar-refractivity contribution < 1.29 is 13.2 Å². The molecule has 0 radical (unpaired) electrons. The molecule has 1 aliphatic heterocycles. The van der Waals surface area contributed by atoms with Crippen LogP contribution in [0, 0.1) is 0 Å². The Morgan fingerprint density at radius 3 is 2.68 bits per heavy atom. The normalized spacial score (nSPS) is 20.0. The molecule has 1 fully saturated rings. The Balaban J connectivity index is 0.00000180. The van der Waals surface area contributed by atoms with Crippen molar-refractivity contribution in [3.63, 3.8) is 0 Å². The van der Waals surface area contributed by atoms with E-state index < -0.39 is 10.0 Å². The fraction of sp³-hybridized carbons (Fsp3) is 0.545. The standard InChI is InChI=1S/C11H17N3O3S.ClH/c1-12-9-5-6-14(8-9)18(15,16)10-3-4-11(17-2)13-7-10;/h3-4,7,9,12H,5-6,8H2,1-2H3;1H. The fourth-order valence-corrected chi connectivity index (χ4v) is 3.42. The number of sulfonamides is 1. The largest absolute Gasteiger partial charge is 0.481 e. The second-order valence-corrected chi connectivity index (χ2v) is 6.11. The summed E-state index contributed by atoms with van der Waals surface area (Å²) in [6, 6.07) is 3.30. The van der Waals surface area contributed by atoms with Crippen LogP contribution in [-0.4, -0.2) is 51.0 Å². The summed E-state index contributed by atoms with van der Waals surface area (Å²) in [5, 5.41) is 3.09. The van der Waals surface area contributed by atoms with Gasteiger partial charge in [0.1, 0.15) is 4.90 Å². The minimum absolute atomic E-state index is 0. The third-order valence-corrected chi connectivity index (χ3v) is 4.96. The van der Waals surface area contributed by atoms with Crippen LogP contribution in [0.1, 0.15) is 6.42 Å². The average molecular weight is 308 g/mol. The number of likely N-dealkylation sites (N-methyl/N-ethyl adjacent to an activating group) is 1. The van der Waals surface area contributed by atoms with Crippen molar-refractivity contribution in [2.75, 3.05) is 27.2 Å². The summed E-state index contributed by atoms with van der Waals surface area (Å²) in [6.07, 6.45) is 2.17. The van der Waals surface area contributed by atoms with Crippen molar-refractivity contribution in [1.29, 1.82) is 0 Å². The van der Waals surface area contributed by atoms with Gasteiger partial charge in [0.05, 0.1) is 13.3 Å². The molecule has 1 atom stereocenters. The zero-order valence-corrected chi connectivity index (χ0v) is 12.5. The van der Waals surface area contributed by atoms with E-state index in [1.807, 2.05) is 7.05 Å². The van der Waals surface area contributed by atoms with Crippen LogP contribution in [0.2, 0.25) is 0 Å². The highest BCUT2D eigenvalue weighted by atomic mass is 35.5. The van der Waals surface area contributed by atoms with Gasteiger partial charge in [-0.25, -0.2) is 13.4 Å². The summed E-state index contributed by atoms with van der Waals surface area (Å²) in [4.78, 5) is 4.14. The molecular weight excluding hydrogens is 290 g/mol. The molecule has 2 heterocycles. The summed E-state index contributed by atoms with van der Waals surface area (Å²) in [5.41, 5.74) is 0. The Morgan fingerprint density at radius 1 is 1.47 bits per heavy atom. The minimum atomic E-state index is -3.43. The van der Waals surface area contributed by atoms with Gasteiger partial charge in [0.25, 0.3) is 0 Å². The number of nitrogens with zero attached hydrogens (tertiary/aromatic N) is 2. The number of ether oxygens (including phenoxy) is 1. The van der Waals surface area contributed by atoms with Gasteiger partial charge < -0.3 is 10.1 Å². The second-order valence-electron chi connectivity index (χ2n) is 4.17. The first-order chi connectivity index (χ1) is 8.57. The zero-order chi connectivity index (χ0) is 13.2. The van der Waals surface area contributed by atoms with E-state index in [0.29, 0.717) is 19.0 Å². The minimum Gasteiger partial charge on any atom is -0.481 e. The summed E-state index contributed by atoms with van der Waals surface area (Å²) in [7, 11) is -0.0939. The third-order valence-electron chi connectivity index (χ3n) is 3.12. The fourth-order valence-electron chi connectivity index (χ4n) is 1.97. The van der Waals surface area contributed by atoms with Gasteiger partial charge in [-0.05, 0) is 19.5 Å². The second kappa shape index (κ2) is 6.51. The molecule has 1 aromatic heterocycles. The molecule has 0 amide bonds. The lowest BCUT2D eigenvalue weighted by atomic mass is 10.3. The number of halogens is 1. The van der Waals surface area contributed by atoms with Gasteiger partial charge in [0.15, 0.2) is 0 Å². The summed E-state index contributed by atoms with van der Waals surface area (Å²) >= 11 is 0. The van der Waals surface area contributed by atoms with E-state index in [4.69, 9.17) is 4.74 Å². The maximum atomic E-state index is 12.3. The maximum absolute atomic E-state index is 12.3. The zero-order valence-electron chi connectivity index (χ0n) is 10.9. The van der Waals surface area contributed by atoms with E-state index in [0.717, 1.165) is 6.42 Å². The molecule has 6 nitrogen and oxygen atoms in total. The van der Waals surface area contributed by atoms with E-state index in [2.05, 4.69) is 10.3 Å². The molecule has 0 bridgehead atoms. The Hall–Kier alpha value is -0.890. The Morgan fingerprint density at radius 2 is 2.21 bits per heavy atom. The lowest BCUT2D eigenvalue weighted by molar-refractivity contribution is 0.397. The molecule has 2 rings (SSSR count). The number of pyridine rings is 1. The number of nitrogens with one attached hydrogen (secondary N) is 1. The molecular formula is C11H18ClN3O3S. The summed E-state index contributed by atoms with van der Waals surface area (Å²) in [5.74, 6) is 0.406. The topological polar surface area (TPSA) is 71.5 Å². The quantitative estimate of drug-likeness (QED) is 0.877. The van der Waals surface area contributed by atoms with Gasteiger partial charge in [-0.1, -0.05) is 0 Å². The predicted octanol–water partition coefficient (Wildman–Crippen LogP) is 0.494. The number of aromatic nitrogens is 1. The molecule has 0 aliphatic carbocycles. The molecule has 0 saturated carbocycles. The summed E-state index contributed by atoms with van der Waals surface area (Å²) < 4.78 is 31.0. The highest BCUT2D eigenvalue weighted by Crippen LogP contribution is 2.21. The molecule has 1 N–H and O–H groups in total. The molecule has 1 unspecified atom stereocenters. The molecule has 1 saturated heterocycles. The van der Waals surface area contributed by atoms with Crippen molar-refractivity contribution in [1.82, 2.24) is 14.6 Å². The lowest BCUT2D eigenvalue weighted by Crippen LogP contribution is -2.33. The van der Waals surface area contributed by atoms with Crippen LogP contribution >= 0.6 is 12.4 Å². The number of hydrogen-bond acceptors (Lipinski definition) is 5. The lowest BCUT2D eigenvalue weighted by Gasteiger charge is -2.16. The molecule has 108 valence electrons. The number of methoxy groups -OCH3 is 1. The van der Waals surface area contributed by atoms with Crippen LogP contribution in [-0.2, 0) is 10.0 Å². The van der Waals surface area contributed by atoms with Crippen LogP contribution in [0.25, 0.3) is 0 Å². The Kier molecular flexibility index (Phi) is 5.54. The highest BCUT2D eigenvalue weighted by molar-refractivity contribution is 7.89. The highest BCUT2D eigenvalue weighted by Gasteiger charge is 2.31. The van der Waals surface area contributed by atoms with Crippen molar-refractivity contribution in [2.45, 2.75) is 17.4 Å². The summed E-state index contributed by atoms with van der Waals surface area (Å²) in [6.45, 7) is 1.05. The predicted molar refractivity (Wildman–Crippen MR) is 74.3 cm³/mol. The maximum Gasteiger partial charge on any atom is 0.244 e. The van der Waals surface area contributed by atoms with E-state index >= 15 is 0 Å². The third kappa shape index (κ3) is 3.36. The van der Waals surface area contributed by atoms with Gasteiger partial charge in [0.2, 0.25) is 15.9 Å². The molecule has 0 spiro atoms. The molecule has 8 heteroatoms. The first kappa shape index (κ1) is 16.2.